The van der Waals surface area contributed by atoms with Gasteiger partial charge in [-0.2, -0.15) is 0 Å². The van der Waals surface area contributed by atoms with E-state index >= 15 is 0 Å². The molecule has 39 heavy (non-hydrogen) atoms. The molecule has 0 bridgehead atoms. The molecule has 1 fully saturated rings. The van der Waals surface area contributed by atoms with Gasteiger partial charge < -0.3 is 0 Å². The first-order valence-corrected chi connectivity index (χ1v) is 27.8. The maximum absolute atomic E-state index is 7.27. The number of fused-ring (bicyclic) bond motifs is 1. The topological polar surface area (TPSA) is 18.5 Å². The molecule has 0 aromatic heterocycles. The summed E-state index contributed by atoms with van der Waals surface area (Å²) in [5, 5.41) is 0. The van der Waals surface area contributed by atoms with Crippen LogP contribution in [0.15, 0.2) is 24.3 Å². The van der Waals surface area contributed by atoms with E-state index in [4.69, 9.17) is 9.16 Å². The van der Waals surface area contributed by atoms with E-state index in [-0.39, 0.29) is 10.8 Å². The average Bonchev–Trinajstić information content (AvgIpc) is 2.93. The van der Waals surface area contributed by atoms with Crippen molar-refractivity contribution in [3.8, 4) is 0 Å². The second-order valence-electron chi connectivity index (χ2n) is 14.1. The Bertz CT molecular complexity index is 717. The minimum atomic E-state index is -2.23. The van der Waals surface area contributed by atoms with Gasteiger partial charge in [0.05, 0.1) is 0 Å². The molecule has 0 radical (unpaired) electrons. The normalized spacial score (nSPS) is 27.7. The molecule has 0 N–H and O–H groups in total. The Morgan fingerprint density at radius 1 is 0.923 bits per heavy atom. The van der Waals surface area contributed by atoms with Gasteiger partial charge in [-0.1, -0.05) is 20.8 Å². The first kappa shape index (κ1) is 35.6. The molecular formula is C35H68O2SiSn. The van der Waals surface area contributed by atoms with E-state index in [0.29, 0.717) is 12.0 Å². The van der Waals surface area contributed by atoms with Crippen molar-refractivity contribution in [1.82, 2.24) is 0 Å². The summed E-state index contributed by atoms with van der Waals surface area (Å²) in [7, 11) is -1.65. The van der Waals surface area contributed by atoms with E-state index < -0.39 is 26.7 Å². The molecule has 0 aliphatic heterocycles. The van der Waals surface area contributed by atoms with Crippen LogP contribution in [0.4, 0.5) is 0 Å². The molecule has 0 unspecified atom stereocenters. The quantitative estimate of drug-likeness (QED) is 0.0950. The predicted molar refractivity (Wildman–Crippen MR) is 179 cm³/mol. The van der Waals surface area contributed by atoms with Gasteiger partial charge in [0.2, 0.25) is 0 Å². The molecule has 2 aliphatic carbocycles. The number of hydrogen-bond acceptors (Lipinski definition) is 2. The average molecular weight is 668 g/mol. The SMILES string of the molecule is C=CC[C@]1(C)[C@@H](O[Si](CC)(CC)CC)CC[C@]2(C)C=C(CO[CH2][Sn]([CH2]CCC)([CH2]CCC)[CH2]CCC)CC[C@@H]12. The summed E-state index contributed by atoms with van der Waals surface area (Å²) in [5.41, 5.74) is 2.04. The number of hydrogen-bond donors (Lipinski definition) is 0. The minimum absolute atomic E-state index is 0.182. The molecule has 4 atom stereocenters. The van der Waals surface area contributed by atoms with E-state index in [2.05, 4.69) is 74.1 Å². The molecule has 2 aliphatic rings. The van der Waals surface area contributed by atoms with Crippen LogP contribution in [0.25, 0.3) is 0 Å². The van der Waals surface area contributed by atoms with Gasteiger partial charge in [-0.25, -0.2) is 0 Å². The molecule has 228 valence electrons. The predicted octanol–water partition coefficient (Wildman–Crippen LogP) is 11.5. The van der Waals surface area contributed by atoms with Crippen LogP contribution in [-0.2, 0) is 9.16 Å². The van der Waals surface area contributed by atoms with Crippen molar-refractivity contribution in [1.29, 1.82) is 0 Å². The van der Waals surface area contributed by atoms with Gasteiger partial charge in [0.25, 0.3) is 0 Å². The first-order valence-electron chi connectivity index (χ1n) is 17.2. The summed E-state index contributed by atoms with van der Waals surface area (Å²) in [6, 6.07) is 3.72. The zero-order chi connectivity index (χ0) is 29.0. The van der Waals surface area contributed by atoms with Crippen molar-refractivity contribution in [2.45, 2.75) is 164 Å². The van der Waals surface area contributed by atoms with Gasteiger partial charge in [-0.05, 0) is 0 Å². The third-order valence-corrected chi connectivity index (χ3v) is 30.4. The Kier molecular flexibility index (Phi) is 15.4. The van der Waals surface area contributed by atoms with Crippen LogP contribution < -0.4 is 0 Å². The van der Waals surface area contributed by atoms with Crippen molar-refractivity contribution < 1.29 is 9.16 Å². The van der Waals surface area contributed by atoms with Gasteiger partial charge in [-0.15, -0.1) is 0 Å². The van der Waals surface area contributed by atoms with E-state index in [0.717, 1.165) is 17.7 Å². The summed E-state index contributed by atoms with van der Waals surface area (Å²) < 4.78 is 19.8. The summed E-state index contributed by atoms with van der Waals surface area (Å²) >= 11 is -2.23. The first-order chi connectivity index (χ1) is 18.7. The van der Waals surface area contributed by atoms with E-state index in [9.17, 15) is 0 Å². The standard InChI is InChI=1S/C23H41O2Si.3C4H9.Sn/c1-8-15-23(6)20-13-12-19(18-24-7)17-22(20,5)16-14-21(23)25-26(9-2,10-3)11-4;3*1-3-4-2;/h8,17,20-21H,1,7,9-16,18H2,2-6H3;3*1,3-4H2,2H3;/t20-,21+,22-,23+;;;;/m1..../s1. The number of unbranched alkanes of at least 4 members (excludes halogenated alkanes) is 3. The summed E-state index contributed by atoms with van der Waals surface area (Å²) in [6.07, 6.45) is 19.6. The Morgan fingerprint density at radius 2 is 1.49 bits per heavy atom. The van der Waals surface area contributed by atoms with Crippen LogP contribution in [0.2, 0.25) is 31.4 Å². The van der Waals surface area contributed by atoms with Crippen LogP contribution in [0.3, 0.4) is 0 Å². The van der Waals surface area contributed by atoms with E-state index in [1.54, 1.807) is 18.9 Å². The Labute approximate surface area is 250 Å². The summed E-state index contributed by atoms with van der Waals surface area (Å²) in [6.45, 7) is 24.5. The summed E-state index contributed by atoms with van der Waals surface area (Å²) in [4.78, 5) is 0. The van der Waals surface area contributed by atoms with Crippen molar-refractivity contribution in [3.63, 3.8) is 0 Å². The van der Waals surface area contributed by atoms with E-state index in [1.807, 2.05) is 0 Å². The third kappa shape index (κ3) is 9.20. The Balaban J connectivity index is 2.18. The number of allylic oxidation sites excluding steroid dienone is 2. The van der Waals surface area contributed by atoms with Crippen LogP contribution in [0.1, 0.15) is 126 Å². The Hall–Kier alpha value is 0.416. The molecule has 0 aromatic carbocycles. The van der Waals surface area contributed by atoms with Gasteiger partial charge in [0.15, 0.2) is 0 Å². The van der Waals surface area contributed by atoms with Crippen molar-refractivity contribution in [2.24, 2.45) is 16.7 Å². The molecule has 0 aromatic rings. The molecule has 0 spiro atoms. The second kappa shape index (κ2) is 16.9. The molecule has 0 heterocycles. The maximum atomic E-state index is 7.27. The zero-order valence-corrected chi connectivity index (χ0v) is 31.6. The van der Waals surface area contributed by atoms with Crippen LogP contribution in [0, 0.1) is 16.7 Å². The van der Waals surface area contributed by atoms with Crippen LogP contribution >= 0.6 is 0 Å². The Morgan fingerprint density at radius 3 is 1.97 bits per heavy atom. The van der Waals surface area contributed by atoms with Gasteiger partial charge in [0, 0.05) is 0 Å². The molecular weight excluding hydrogens is 599 g/mol. The van der Waals surface area contributed by atoms with Gasteiger partial charge in [0.1, 0.15) is 0 Å². The molecule has 2 nitrogen and oxygen atoms in total. The number of rotatable bonds is 20. The van der Waals surface area contributed by atoms with Gasteiger partial charge >= 0.3 is 231 Å². The molecule has 2 rings (SSSR count). The van der Waals surface area contributed by atoms with Crippen LogP contribution in [0.5, 0.6) is 0 Å². The zero-order valence-electron chi connectivity index (χ0n) is 27.8. The van der Waals surface area contributed by atoms with Crippen molar-refractivity contribution in [2.75, 3.05) is 11.2 Å². The summed E-state index contributed by atoms with van der Waals surface area (Å²) in [5.74, 6) is 0.666. The van der Waals surface area contributed by atoms with Crippen molar-refractivity contribution >= 4 is 26.7 Å². The van der Waals surface area contributed by atoms with E-state index in [1.165, 1.54) is 82.3 Å². The van der Waals surface area contributed by atoms with Gasteiger partial charge in [-0.3, -0.25) is 0 Å². The molecule has 0 amide bonds. The number of ether oxygens (including phenoxy) is 1. The van der Waals surface area contributed by atoms with Crippen LogP contribution in [-0.4, -0.2) is 44.0 Å². The fraction of sp³-hybridized carbons (Fsp3) is 0.886. The monoisotopic (exact) mass is 668 g/mol. The second-order valence-corrected chi connectivity index (χ2v) is 32.5. The molecule has 4 heteroatoms. The fourth-order valence-corrected chi connectivity index (χ4v) is 25.8. The molecule has 0 saturated heterocycles. The third-order valence-electron chi connectivity index (χ3n) is 11.3. The fourth-order valence-electron chi connectivity index (χ4n) is 8.46. The molecule has 1 saturated carbocycles. The van der Waals surface area contributed by atoms with Crippen molar-refractivity contribution in [3.05, 3.63) is 24.3 Å².